The molecule has 0 spiro atoms. The molecule has 8 heteroatoms. The highest BCUT2D eigenvalue weighted by molar-refractivity contribution is 7.13. The number of thiazole rings is 1. The van der Waals surface area contributed by atoms with Crippen molar-refractivity contribution in [3.8, 4) is 10.4 Å². The summed E-state index contributed by atoms with van der Waals surface area (Å²) in [5.41, 5.74) is 6.70. The quantitative estimate of drug-likeness (QED) is 0.404. The molecule has 2 N–H and O–H groups in total. The molecule has 1 amide bonds. The number of aliphatic hydroxyl groups excluding tert-OH is 1. The van der Waals surface area contributed by atoms with Crippen molar-refractivity contribution >= 4 is 17.2 Å². The van der Waals surface area contributed by atoms with Crippen molar-refractivity contribution in [2.24, 2.45) is 5.92 Å². The number of carbonyl (C=O) groups excluding carboxylic acids is 1. The molecular weight excluding hydrogens is 472 g/mol. The SMILES string of the molecule is C=C(N[C@@H](CC)c1ccc(-c2scnc2C)cc1)[C@@H]1C[C@@H](O)CN1C(=O)[C@@H](c1cc(C)no1)C(C)C. The van der Waals surface area contributed by atoms with E-state index in [1.165, 1.54) is 4.88 Å². The molecule has 0 unspecified atom stereocenters. The predicted molar refractivity (Wildman–Crippen MR) is 143 cm³/mol. The molecule has 1 aliphatic heterocycles. The van der Waals surface area contributed by atoms with E-state index in [1.54, 1.807) is 16.2 Å². The van der Waals surface area contributed by atoms with Crippen molar-refractivity contribution in [3.63, 3.8) is 0 Å². The summed E-state index contributed by atoms with van der Waals surface area (Å²) >= 11 is 1.64. The lowest BCUT2D eigenvalue weighted by molar-refractivity contribution is -0.135. The fourth-order valence-electron chi connectivity index (χ4n) is 5.02. The van der Waals surface area contributed by atoms with Crippen LogP contribution in [0.1, 0.15) is 68.3 Å². The van der Waals surface area contributed by atoms with Crippen LogP contribution in [0.4, 0.5) is 0 Å². The molecule has 0 bridgehead atoms. The van der Waals surface area contributed by atoms with Gasteiger partial charge in [0.1, 0.15) is 11.7 Å². The van der Waals surface area contributed by atoms with Gasteiger partial charge in [-0.15, -0.1) is 11.3 Å². The van der Waals surface area contributed by atoms with Gasteiger partial charge < -0.3 is 19.8 Å². The van der Waals surface area contributed by atoms with Crippen LogP contribution in [0.25, 0.3) is 10.4 Å². The zero-order valence-electron chi connectivity index (χ0n) is 21.7. The standard InChI is InChI=1S/C28H36N4O3S/c1-7-23(20-8-10-21(11-9-20)27-19(6)29-15-36-27)30-18(5)24-13-22(33)14-32(24)28(34)26(16(2)3)25-12-17(4)31-35-25/h8-12,15-16,22-24,26,30,33H,5,7,13-14H2,1-4,6H3/t22-,23+,24+,26-/m1/s1. The Kier molecular flexibility index (Phi) is 7.95. The number of aryl methyl sites for hydroxylation is 2. The monoisotopic (exact) mass is 508 g/mol. The molecule has 36 heavy (non-hydrogen) atoms. The third kappa shape index (κ3) is 5.39. The molecule has 7 nitrogen and oxygen atoms in total. The van der Waals surface area contributed by atoms with E-state index in [2.05, 4.69) is 53.2 Å². The highest BCUT2D eigenvalue weighted by atomic mass is 32.1. The van der Waals surface area contributed by atoms with Gasteiger partial charge >= 0.3 is 0 Å². The van der Waals surface area contributed by atoms with E-state index in [4.69, 9.17) is 4.52 Å². The average Bonchev–Trinajstić information content (AvgIpc) is 3.57. The van der Waals surface area contributed by atoms with E-state index >= 15 is 0 Å². The molecule has 1 saturated heterocycles. The number of rotatable bonds is 9. The van der Waals surface area contributed by atoms with Crippen LogP contribution in [0.15, 0.2) is 52.6 Å². The Balaban J connectivity index is 1.50. The van der Waals surface area contributed by atoms with Gasteiger partial charge in [0, 0.05) is 24.7 Å². The minimum atomic E-state index is -0.594. The normalized spacial score (nSPS) is 19.5. The van der Waals surface area contributed by atoms with Crippen molar-refractivity contribution in [3.05, 3.63) is 70.8 Å². The molecule has 0 aliphatic carbocycles. The summed E-state index contributed by atoms with van der Waals surface area (Å²) in [6.07, 6.45) is 0.717. The van der Waals surface area contributed by atoms with Gasteiger partial charge in [0.25, 0.3) is 0 Å². The maximum Gasteiger partial charge on any atom is 0.234 e. The summed E-state index contributed by atoms with van der Waals surface area (Å²) < 4.78 is 5.47. The number of nitrogens with one attached hydrogen (secondary N) is 1. The Labute approximate surface area is 217 Å². The van der Waals surface area contributed by atoms with Gasteiger partial charge in [0.15, 0.2) is 0 Å². The number of amides is 1. The van der Waals surface area contributed by atoms with E-state index in [9.17, 15) is 9.90 Å². The molecule has 0 saturated carbocycles. The second-order valence-electron chi connectivity index (χ2n) is 10.0. The lowest BCUT2D eigenvalue weighted by Crippen LogP contribution is -2.43. The van der Waals surface area contributed by atoms with Crippen molar-refractivity contribution in [2.75, 3.05) is 6.54 Å². The Hall–Kier alpha value is -2.97. The van der Waals surface area contributed by atoms with Crippen LogP contribution in [-0.4, -0.2) is 44.7 Å². The summed E-state index contributed by atoms with van der Waals surface area (Å²) in [6, 6.07) is 10.1. The number of likely N-dealkylation sites (tertiary alicyclic amines) is 1. The van der Waals surface area contributed by atoms with Crippen molar-refractivity contribution in [1.29, 1.82) is 0 Å². The first-order chi connectivity index (χ1) is 17.2. The number of nitrogens with zero attached hydrogens (tertiary/aromatic N) is 3. The second kappa shape index (κ2) is 11.0. The van der Waals surface area contributed by atoms with Gasteiger partial charge in [0.2, 0.25) is 5.91 Å². The van der Waals surface area contributed by atoms with Crippen LogP contribution in [-0.2, 0) is 4.79 Å². The highest BCUT2D eigenvalue weighted by Crippen LogP contribution is 2.34. The van der Waals surface area contributed by atoms with Crippen molar-refractivity contribution in [2.45, 2.75) is 71.6 Å². The van der Waals surface area contributed by atoms with E-state index in [0.717, 1.165) is 34.6 Å². The van der Waals surface area contributed by atoms with Crippen molar-refractivity contribution < 1.29 is 14.4 Å². The molecule has 1 aromatic carbocycles. The molecule has 3 heterocycles. The summed E-state index contributed by atoms with van der Waals surface area (Å²) in [5, 5.41) is 18.1. The number of aliphatic hydroxyl groups is 1. The van der Waals surface area contributed by atoms with Crippen LogP contribution in [0, 0.1) is 19.8 Å². The maximum absolute atomic E-state index is 13.7. The first kappa shape index (κ1) is 26.1. The molecule has 1 fully saturated rings. The van der Waals surface area contributed by atoms with Crippen LogP contribution in [0.5, 0.6) is 0 Å². The minimum Gasteiger partial charge on any atom is -0.391 e. The smallest absolute Gasteiger partial charge is 0.234 e. The summed E-state index contributed by atoms with van der Waals surface area (Å²) in [5.74, 6) is 0.0574. The Morgan fingerprint density at radius 1 is 1.31 bits per heavy atom. The molecule has 2 aromatic heterocycles. The van der Waals surface area contributed by atoms with Gasteiger partial charge in [-0.3, -0.25) is 4.79 Å². The lowest BCUT2D eigenvalue weighted by Gasteiger charge is -2.32. The third-order valence-electron chi connectivity index (χ3n) is 6.94. The molecule has 0 radical (unpaired) electrons. The maximum atomic E-state index is 13.7. The van der Waals surface area contributed by atoms with Gasteiger partial charge in [0.05, 0.1) is 40.0 Å². The van der Waals surface area contributed by atoms with Gasteiger partial charge in [-0.05, 0) is 37.3 Å². The Morgan fingerprint density at radius 3 is 2.58 bits per heavy atom. The van der Waals surface area contributed by atoms with Crippen molar-refractivity contribution in [1.82, 2.24) is 20.4 Å². The van der Waals surface area contributed by atoms with E-state index < -0.39 is 12.0 Å². The first-order valence-corrected chi connectivity index (χ1v) is 13.4. The van der Waals surface area contributed by atoms with E-state index in [-0.39, 0.29) is 30.5 Å². The summed E-state index contributed by atoms with van der Waals surface area (Å²) in [4.78, 5) is 21.0. The van der Waals surface area contributed by atoms with E-state index in [0.29, 0.717) is 12.2 Å². The molecule has 1 aliphatic rings. The van der Waals surface area contributed by atoms with Crippen LogP contribution in [0.2, 0.25) is 0 Å². The summed E-state index contributed by atoms with van der Waals surface area (Å²) in [6.45, 7) is 14.6. The zero-order chi connectivity index (χ0) is 26.0. The number of carbonyl (C=O) groups is 1. The number of hydrogen-bond acceptors (Lipinski definition) is 7. The number of benzene rings is 1. The van der Waals surface area contributed by atoms with Crippen LogP contribution < -0.4 is 5.32 Å². The largest absolute Gasteiger partial charge is 0.391 e. The van der Waals surface area contributed by atoms with E-state index in [1.807, 2.05) is 39.3 Å². The molecule has 3 aromatic rings. The molecule has 4 rings (SSSR count). The van der Waals surface area contributed by atoms with Gasteiger partial charge in [-0.2, -0.15) is 0 Å². The average molecular weight is 509 g/mol. The Morgan fingerprint density at radius 2 is 2.03 bits per heavy atom. The fraction of sp³-hybridized carbons (Fsp3) is 0.464. The molecule has 192 valence electrons. The third-order valence-corrected chi connectivity index (χ3v) is 7.92. The topological polar surface area (TPSA) is 91.5 Å². The minimum absolute atomic E-state index is 0.0218. The zero-order valence-corrected chi connectivity index (χ0v) is 22.5. The second-order valence-corrected chi connectivity index (χ2v) is 10.9. The number of aromatic nitrogens is 2. The van der Waals surface area contributed by atoms with Crippen LogP contribution in [0.3, 0.4) is 0 Å². The number of β-amino-alcohol motifs (C(OH)–C–C–N with tert-alkyl or cyclic N) is 1. The Bertz CT molecular complexity index is 1200. The molecule has 4 atom stereocenters. The van der Waals surface area contributed by atoms with Crippen LogP contribution >= 0.6 is 11.3 Å². The highest BCUT2D eigenvalue weighted by Gasteiger charge is 2.41. The number of hydrogen-bond donors (Lipinski definition) is 2. The predicted octanol–water partition coefficient (Wildman–Crippen LogP) is 5.37. The summed E-state index contributed by atoms with van der Waals surface area (Å²) in [7, 11) is 0. The van der Waals surface area contributed by atoms with Gasteiger partial charge in [-0.25, -0.2) is 4.98 Å². The first-order valence-electron chi connectivity index (χ1n) is 12.6. The lowest BCUT2D eigenvalue weighted by atomic mass is 9.91. The van der Waals surface area contributed by atoms with Gasteiger partial charge in [-0.1, -0.05) is 56.8 Å². The molecular formula is C28H36N4O3S. The fourth-order valence-corrected chi connectivity index (χ4v) is 5.83.